The molecule has 0 aliphatic rings. The fraction of sp³-hybridized carbons (Fsp3) is 0.389. The third-order valence-corrected chi connectivity index (χ3v) is 3.99. The number of rotatable bonds is 6. The Balaban J connectivity index is 2.55. The molecule has 0 aliphatic heterocycles. The van der Waals surface area contributed by atoms with E-state index in [1.807, 2.05) is 24.3 Å². The van der Waals surface area contributed by atoms with Crippen LogP contribution in [-0.2, 0) is 4.74 Å². The Morgan fingerprint density at radius 1 is 1.19 bits per heavy atom. The van der Waals surface area contributed by atoms with Crippen molar-refractivity contribution in [2.75, 3.05) is 25.2 Å². The first-order chi connectivity index (χ1) is 10.2. The van der Waals surface area contributed by atoms with E-state index in [2.05, 4.69) is 36.9 Å². The fourth-order valence-corrected chi connectivity index (χ4v) is 2.62. The van der Waals surface area contributed by atoms with Gasteiger partial charge in [0, 0.05) is 36.2 Å². The van der Waals surface area contributed by atoms with Gasteiger partial charge in [-0.3, -0.25) is 0 Å². The molecule has 0 aromatic heterocycles. The molecule has 2 rings (SSSR count). The average Bonchev–Trinajstić information content (AvgIpc) is 2.54. The largest absolute Gasteiger partial charge is 0.383 e. The van der Waals surface area contributed by atoms with Gasteiger partial charge in [-0.2, -0.15) is 5.26 Å². The summed E-state index contributed by atoms with van der Waals surface area (Å²) in [4.78, 5) is 2.37. The van der Waals surface area contributed by atoms with Gasteiger partial charge >= 0.3 is 0 Å². The van der Waals surface area contributed by atoms with E-state index in [9.17, 15) is 5.26 Å². The molecule has 110 valence electrons. The predicted molar refractivity (Wildman–Crippen MR) is 87.6 cm³/mol. The molecular formula is C18H22N2O. The molecule has 0 bridgehead atoms. The van der Waals surface area contributed by atoms with E-state index in [1.165, 1.54) is 5.69 Å². The van der Waals surface area contributed by atoms with Crippen LogP contribution in [0.15, 0.2) is 36.4 Å². The maximum absolute atomic E-state index is 9.28. The van der Waals surface area contributed by atoms with E-state index in [0.29, 0.717) is 12.6 Å². The van der Waals surface area contributed by atoms with Crippen molar-refractivity contribution < 1.29 is 4.74 Å². The minimum atomic E-state index is 0.427. The molecule has 0 spiro atoms. The quantitative estimate of drug-likeness (QED) is 0.804. The molecule has 3 heteroatoms. The maximum Gasteiger partial charge on any atom is 0.0998 e. The minimum absolute atomic E-state index is 0.427. The lowest BCUT2D eigenvalue weighted by Gasteiger charge is -2.31. The third kappa shape index (κ3) is 3.17. The van der Waals surface area contributed by atoms with Gasteiger partial charge in [-0.15, -0.1) is 0 Å². The highest BCUT2D eigenvalue weighted by Gasteiger charge is 2.16. The minimum Gasteiger partial charge on any atom is -0.383 e. The summed E-state index contributed by atoms with van der Waals surface area (Å²) in [5.41, 5.74) is 1.90. The van der Waals surface area contributed by atoms with Crippen molar-refractivity contribution in [2.45, 2.75) is 26.3 Å². The maximum atomic E-state index is 9.28. The standard InChI is InChI=1S/C18H22N2O/c1-4-14(2)20(11-12-21-3)18-10-9-15(13-19)16-7-5-6-8-17(16)18/h5-10,14H,4,11-12H2,1-3H3. The van der Waals surface area contributed by atoms with E-state index in [0.717, 1.165) is 29.3 Å². The number of ether oxygens (including phenoxy) is 1. The van der Waals surface area contributed by atoms with Gasteiger partial charge in [0.25, 0.3) is 0 Å². The van der Waals surface area contributed by atoms with Crippen molar-refractivity contribution in [2.24, 2.45) is 0 Å². The highest BCUT2D eigenvalue weighted by Crippen LogP contribution is 2.30. The van der Waals surface area contributed by atoms with E-state index in [4.69, 9.17) is 4.74 Å². The highest BCUT2D eigenvalue weighted by atomic mass is 16.5. The average molecular weight is 282 g/mol. The molecule has 0 amide bonds. The Bertz CT molecular complexity index is 645. The topological polar surface area (TPSA) is 36.3 Å². The molecule has 0 radical (unpaired) electrons. The summed E-state index contributed by atoms with van der Waals surface area (Å²) in [5.74, 6) is 0. The SMILES string of the molecule is CCC(C)N(CCOC)c1ccc(C#N)c2ccccc12. The molecule has 3 nitrogen and oxygen atoms in total. The summed E-state index contributed by atoms with van der Waals surface area (Å²) in [6.45, 7) is 5.96. The van der Waals surface area contributed by atoms with Crippen molar-refractivity contribution in [1.82, 2.24) is 0 Å². The normalized spacial score (nSPS) is 12.1. The lowest BCUT2D eigenvalue weighted by molar-refractivity contribution is 0.203. The van der Waals surface area contributed by atoms with Gasteiger partial charge < -0.3 is 9.64 Å². The Labute approximate surface area is 126 Å². The predicted octanol–water partition coefficient (Wildman–Crippen LogP) is 3.96. The molecule has 2 aromatic carbocycles. The summed E-state index contributed by atoms with van der Waals surface area (Å²) in [6, 6.07) is 14.8. The van der Waals surface area contributed by atoms with Crippen LogP contribution in [-0.4, -0.2) is 26.3 Å². The summed E-state index contributed by atoms with van der Waals surface area (Å²) in [5, 5.41) is 11.4. The molecular weight excluding hydrogens is 260 g/mol. The first-order valence-electron chi connectivity index (χ1n) is 7.40. The van der Waals surface area contributed by atoms with Crippen LogP contribution in [0.5, 0.6) is 0 Å². The number of methoxy groups -OCH3 is 1. The Hall–Kier alpha value is -2.05. The summed E-state index contributed by atoms with van der Waals surface area (Å²) >= 11 is 0. The Kier molecular flexibility index (Phi) is 5.19. The van der Waals surface area contributed by atoms with Crippen LogP contribution in [0, 0.1) is 11.3 Å². The second-order valence-corrected chi connectivity index (χ2v) is 5.23. The van der Waals surface area contributed by atoms with Gasteiger partial charge in [0.1, 0.15) is 0 Å². The number of benzene rings is 2. The van der Waals surface area contributed by atoms with Crippen LogP contribution in [0.4, 0.5) is 5.69 Å². The fourth-order valence-electron chi connectivity index (χ4n) is 2.62. The zero-order valence-corrected chi connectivity index (χ0v) is 13.0. The Morgan fingerprint density at radius 3 is 2.52 bits per heavy atom. The molecule has 1 unspecified atom stereocenters. The van der Waals surface area contributed by atoms with Crippen LogP contribution in [0.2, 0.25) is 0 Å². The van der Waals surface area contributed by atoms with E-state index in [-0.39, 0.29) is 0 Å². The number of hydrogen-bond acceptors (Lipinski definition) is 3. The summed E-state index contributed by atoms with van der Waals surface area (Å²) in [6.07, 6.45) is 1.07. The zero-order valence-electron chi connectivity index (χ0n) is 13.0. The van der Waals surface area contributed by atoms with Gasteiger partial charge in [0.05, 0.1) is 18.2 Å². The van der Waals surface area contributed by atoms with E-state index in [1.54, 1.807) is 7.11 Å². The number of nitriles is 1. The monoisotopic (exact) mass is 282 g/mol. The van der Waals surface area contributed by atoms with Crippen molar-refractivity contribution >= 4 is 16.5 Å². The van der Waals surface area contributed by atoms with Crippen molar-refractivity contribution in [3.8, 4) is 6.07 Å². The first-order valence-corrected chi connectivity index (χ1v) is 7.40. The van der Waals surface area contributed by atoms with Crippen LogP contribution < -0.4 is 4.90 Å². The van der Waals surface area contributed by atoms with Gasteiger partial charge in [-0.1, -0.05) is 31.2 Å². The molecule has 1 atom stereocenters. The lowest BCUT2D eigenvalue weighted by atomic mass is 10.0. The lowest BCUT2D eigenvalue weighted by Crippen LogP contribution is -2.35. The van der Waals surface area contributed by atoms with Crippen molar-refractivity contribution in [1.29, 1.82) is 5.26 Å². The number of anilines is 1. The zero-order chi connectivity index (χ0) is 15.2. The Morgan fingerprint density at radius 2 is 1.90 bits per heavy atom. The van der Waals surface area contributed by atoms with Crippen LogP contribution in [0.3, 0.4) is 0 Å². The third-order valence-electron chi connectivity index (χ3n) is 3.99. The van der Waals surface area contributed by atoms with Crippen LogP contribution >= 0.6 is 0 Å². The van der Waals surface area contributed by atoms with Gasteiger partial charge in [0.15, 0.2) is 0 Å². The number of hydrogen-bond donors (Lipinski definition) is 0. The second kappa shape index (κ2) is 7.10. The van der Waals surface area contributed by atoms with Crippen molar-refractivity contribution in [3.63, 3.8) is 0 Å². The van der Waals surface area contributed by atoms with Gasteiger partial charge in [-0.05, 0) is 25.5 Å². The number of fused-ring (bicyclic) bond motifs is 1. The molecule has 0 fully saturated rings. The molecule has 0 N–H and O–H groups in total. The summed E-state index contributed by atoms with van der Waals surface area (Å²) in [7, 11) is 1.73. The van der Waals surface area contributed by atoms with Crippen molar-refractivity contribution in [3.05, 3.63) is 42.0 Å². The molecule has 0 heterocycles. The van der Waals surface area contributed by atoms with Gasteiger partial charge in [-0.25, -0.2) is 0 Å². The van der Waals surface area contributed by atoms with Crippen LogP contribution in [0.1, 0.15) is 25.8 Å². The van der Waals surface area contributed by atoms with Gasteiger partial charge in [0.2, 0.25) is 0 Å². The molecule has 0 aliphatic carbocycles. The molecule has 2 aromatic rings. The molecule has 0 saturated heterocycles. The highest BCUT2D eigenvalue weighted by molar-refractivity contribution is 5.97. The smallest absolute Gasteiger partial charge is 0.0998 e. The number of nitrogens with zero attached hydrogens (tertiary/aromatic N) is 2. The van der Waals surface area contributed by atoms with E-state index < -0.39 is 0 Å². The first kappa shape index (κ1) is 15.3. The molecule has 21 heavy (non-hydrogen) atoms. The molecule has 0 saturated carbocycles. The summed E-state index contributed by atoms with van der Waals surface area (Å²) < 4.78 is 5.25. The van der Waals surface area contributed by atoms with E-state index >= 15 is 0 Å². The van der Waals surface area contributed by atoms with Crippen LogP contribution in [0.25, 0.3) is 10.8 Å². The second-order valence-electron chi connectivity index (χ2n) is 5.23.